The van der Waals surface area contributed by atoms with Crippen molar-refractivity contribution in [3.8, 4) is 17.2 Å². The van der Waals surface area contributed by atoms with Gasteiger partial charge in [0.15, 0.2) is 16.7 Å². The third-order valence-electron chi connectivity index (χ3n) is 4.65. The number of thioether (sulfide) groups is 1. The van der Waals surface area contributed by atoms with Crippen molar-refractivity contribution in [1.82, 2.24) is 4.90 Å². The van der Waals surface area contributed by atoms with Crippen LogP contribution in [0.15, 0.2) is 63.5 Å². The molecule has 2 aromatic rings. The molecule has 0 bridgehead atoms. The van der Waals surface area contributed by atoms with Crippen molar-refractivity contribution >= 4 is 38.6 Å². The third-order valence-corrected chi connectivity index (χ3v) is 6.11. The average Bonchev–Trinajstić information content (AvgIpc) is 3.21. The first-order chi connectivity index (χ1) is 13.6. The molecule has 144 valence electrons. The van der Waals surface area contributed by atoms with Crippen molar-refractivity contribution in [3.05, 3.63) is 69.7 Å². The molecule has 0 spiro atoms. The summed E-state index contributed by atoms with van der Waals surface area (Å²) in [6.07, 6.45) is 4.22. The van der Waals surface area contributed by atoms with Gasteiger partial charge >= 0.3 is 0 Å². The van der Waals surface area contributed by atoms with Gasteiger partial charge in [0.1, 0.15) is 5.75 Å². The summed E-state index contributed by atoms with van der Waals surface area (Å²) in [6, 6.07) is 11.9. The summed E-state index contributed by atoms with van der Waals surface area (Å²) in [6.45, 7) is 0. The maximum absolute atomic E-state index is 5.46. The molecule has 0 fully saturated rings. The summed E-state index contributed by atoms with van der Waals surface area (Å²) in [5.74, 6) is 2.20. The number of nitrogens with zero attached hydrogens (tertiary/aromatic N) is 2. The number of rotatable bonds is 5. The Kier molecular flexibility index (Phi) is 5.37. The summed E-state index contributed by atoms with van der Waals surface area (Å²) >= 11 is 5.31. The van der Waals surface area contributed by atoms with Crippen LogP contribution in [0.2, 0.25) is 0 Å². The predicted molar refractivity (Wildman–Crippen MR) is 117 cm³/mol. The van der Waals surface area contributed by atoms with E-state index in [0.717, 1.165) is 32.2 Å². The Morgan fingerprint density at radius 2 is 1.82 bits per heavy atom. The van der Waals surface area contributed by atoms with Crippen LogP contribution in [0.5, 0.6) is 17.2 Å². The molecule has 2 aromatic carbocycles. The van der Waals surface area contributed by atoms with Gasteiger partial charge in [0.2, 0.25) is 0 Å². The minimum Gasteiger partial charge on any atom is -0.497 e. The maximum atomic E-state index is 5.46. The summed E-state index contributed by atoms with van der Waals surface area (Å²) in [5.41, 5.74) is 3.02. The van der Waals surface area contributed by atoms with Crippen LogP contribution in [-0.4, -0.2) is 31.4 Å². The Morgan fingerprint density at radius 1 is 1.00 bits per heavy atom. The largest absolute Gasteiger partial charge is 0.497 e. The molecular weight excluding hydrogens is 440 g/mol. The maximum Gasteiger partial charge on any atom is 0.173 e. The lowest BCUT2D eigenvalue weighted by atomic mass is 10.0. The fourth-order valence-corrected chi connectivity index (χ4v) is 4.57. The van der Waals surface area contributed by atoms with E-state index in [0.29, 0.717) is 11.5 Å². The molecular formula is C21H19BrN2O3S. The lowest BCUT2D eigenvalue weighted by Crippen LogP contribution is -2.27. The van der Waals surface area contributed by atoms with Gasteiger partial charge in [-0.2, -0.15) is 0 Å². The summed E-state index contributed by atoms with van der Waals surface area (Å²) in [7, 11) is 4.94. The highest BCUT2D eigenvalue weighted by molar-refractivity contribution is 9.10. The number of aliphatic imine (C=N–C) groups is 1. The molecule has 2 heterocycles. The first kappa shape index (κ1) is 19.0. The molecule has 0 saturated carbocycles. The highest BCUT2D eigenvalue weighted by atomic mass is 79.9. The quantitative estimate of drug-likeness (QED) is 0.595. The monoisotopic (exact) mass is 458 g/mol. The van der Waals surface area contributed by atoms with E-state index in [4.69, 9.17) is 19.2 Å². The van der Waals surface area contributed by atoms with Gasteiger partial charge in [-0.15, -0.1) is 0 Å². The molecule has 5 nitrogen and oxygen atoms in total. The van der Waals surface area contributed by atoms with Crippen LogP contribution in [0.25, 0.3) is 5.70 Å². The number of amidine groups is 1. The van der Waals surface area contributed by atoms with Crippen molar-refractivity contribution in [2.75, 3.05) is 21.3 Å². The standard InChI is InChI=1S/C21H19BrN2O3S/c1-25-14-5-6-15(16(22)11-14)18-12-17(23-21-24(18)8-9-28-21)13-4-7-19(26-2)20(10-13)27-3/h4-12,18H,1-3H3. The van der Waals surface area contributed by atoms with E-state index >= 15 is 0 Å². The molecule has 2 aliphatic rings. The van der Waals surface area contributed by atoms with Crippen molar-refractivity contribution in [1.29, 1.82) is 0 Å². The van der Waals surface area contributed by atoms with Gasteiger partial charge in [0, 0.05) is 16.2 Å². The van der Waals surface area contributed by atoms with Gasteiger partial charge in [-0.25, -0.2) is 4.99 Å². The number of hydrogen-bond donors (Lipinski definition) is 0. The van der Waals surface area contributed by atoms with Crippen LogP contribution in [0.1, 0.15) is 17.2 Å². The fourth-order valence-electron chi connectivity index (χ4n) is 3.22. The van der Waals surface area contributed by atoms with Crippen molar-refractivity contribution in [2.45, 2.75) is 6.04 Å². The molecule has 0 aromatic heterocycles. The zero-order valence-corrected chi connectivity index (χ0v) is 18.1. The fraction of sp³-hybridized carbons (Fsp3) is 0.190. The third kappa shape index (κ3) is 3.40. The Labute approximate surface area is 176 Å². The number of ether oxygens (including phenoxy) is 3. The van der Waals surface area contributed by atoms with Crippen molar-refractivity contribution < 1.29 is 14.2 Å². The average molecular weight is 459 g/mol. The number of hydrogen-bond acceptors (Lipinski definition) is 6. The van der Waals surface area contributed by atoms with Crippen LogP contribution >= 0.6 is 27.7 Å². The smallest absolute Gasteiger partial charge is 0.173 e. The van der Waals surface area contributed by atoms with Crippen molar-refractivity contribution in [2.24, 2.45) is 4.99 Å². The van der Waals surface area contributed by atoms with Gasteiger partial charge in [-0.1, -0.05) is 33.8 Å². The van der Waals surface area contributed by atoms with E-state index in [1.807, 2.05) is 30.3 Å². The first-order valence-corrected chi connectivity index (χ1v) is 10.3. The van der Waals surface area contributed by atoms with E-state index in [-0.39, 0.29) is 6.04 Å². The van der Waals surface area contributed by atoms with Crippen LogP contribution in [0.4, 0.5) is 0 Å². The second kappa shape index (κ2) is 7.93. The highest BCUT2D eigenvalue weighted by Gasteiger charge is 2.30. The van der Waals surface area contributed by atoms with E-state index in [9.17, 15) is 0 Å². The zero-order chi connectivity index (χ0) is 19.7. The Morgan fingerprint density at radius 3 is 2.54 bits per heavy atom. The van der Waals surface area contributed by atoms with Gasteiger partial charge in [0.05, 0.1) is 33.1 Å². The molecule has 1 unspecified atom stereocenters. The highest BCUT2D eigenvalue weighted by Crippen LogP contribution is 2.42. The molecule has 7 heteroatoms. The molecule has 0 amide bonds. The molecule has 2 aliphatic heterocycles. The van der Waals surface area contributed by atoms with E-state index in [2.05, 4.69) is 44.6 Å². The molecule has 0 N–H and O–H groups in total. The zero-order valence-electron chi connectivity index (χ0n) is 15.7. The Hall–Kier alpha value is -2.38. The lowest BCUT2D eigenvalue weighted by molar-refractivity contribution is 0.355. The summed E-state index contributed by atoms with van der Waals surface area (Å²) < 4.78 is 17.1. The van der Waals surface area contributed by atoms with Crippen LogP contribution in [-0.2, 0) is 0 Å². The van der Waals surface area contributed by atoms with Gasteiger partial charge in [0.25, 0.3) is 0 Å². The van der Waals surface area contributed by atoms with Crippen LogP contribution in [0.3, 0.4) is 0 Å². The van der Waals surface area contributed by atoms with E-state index < -0.39 is 0 Å². The normalized spacial score (nSPS) is 17.7. The second-order valence-electron chi connectivity index (χ2n) is 6.16. The SMILES string of the molecule is COc1ccc(C2C=C(c3ccc(OC)c(OC)c3)N=C3SC=CN32)c(Br)c1. The molecule has 4 rings (SSSR count). The Balaban J connectivity index is 1.78. The van der Waals surface area contributed by atoms with Gasteiger partial charge in [-0.3, -0.25) is 0 Å². The van der Waals surface area contributed by atoms with E-state index in [1.165, 1.54) is 0 Å². The molecule has 0 saturated heterocycles. The number of fused-ring (bicyclic) bond motifs is 1. The Bertz CT molecular complexity index is 1000. The molecule has 0 aliphatic carbocycles. The number of benzene rings is 2. The minimum atomic E-state index is 0.0159. The second-order valence-corrected chi connectivity index (χ2v) is 7.89. The number of halogens is 1. The van der Waals surface area contributed by atoms with Gasteiger partial charge in [-0.05, 0) is 47.4 Å². The molecule has 28 heavy (non-hydrogen) atoms. The summed E-state index contributed by atoms with van der Waals surface area (Å²) in [4.78, 5) is 7.02. The lowest BCUT2D eigenvalue weighted by Gasteiger charge is -2.30. The van der Waals surface area contributed by atoms with Crippen LogP contribution < -0.4 is 14.2 Å². The molecule has 0 radical (unpaired) electrons. The minimum absolute atomic E-state index is 0.0159. The van der Waals surface area contributed by atoms with E-state index in [1.54, 1.807) is 33.1 Å². The number of methoxy groups -OCH3 is 3. The predicted octanol–water partition coefficient (Wildman–Crippen LogP) is 5.45. The first-order valence-electron chi connectivity index (χ1n) is 8.62. The summed E-state index contributed by atoms with van der Waals surface area (Å²) in [5, 5.41) is 2.99. The topological polar surface area (TPSA) is 43.3 Å². The molecule has 1 atom stereocenters. The van der Waals surface area contributed by atoms with Gasteiger partial charge < -0.3 is 19.1 Å². The van der Waals surface area contributed by atoms with Crippen LogP contribution in [0, 0.1) is 0 Å². The van der Waals surface area contributed by atoms with Crippen molar-refractivity contribution in [3.63, 3.8) is 0 Å².